The first-order valence-electron chi connectivity index (χ1n) is 10.1. The Labute approximate surface area is 182 Å². The van der Waals surface area contributed by atoms with Crippen LogP contribution in [0.15, 0.2) is 80.9 Å². The van der Waals surface area contributed by atoms with Crippen molar-refractivity contribution < 1.29 is 9.90 Å². The Morgan fingerprint density at radius 2 is 1.62 bits per heavy atom. The van der Waals surface area contributed by atoms with Gasteiger partial charge in [0.05, 0.1) is 0 Å². The van der Waals surface area contributed by atoms with Gasteiger partial charge >= 0.3 is 5.97 Å². The van der Waals surface area contributed by atoms with Gasteiger partial charge in [0, 0.05) is 26.0 Å². The van der Waals surface area contributed by atoms with Crippen LogP contribution in [0.2, 0.25) is 0 Å². The molecule has 0 radical (unpaired) electrons. The molecule has 1 aliphatic rings. The molecule has 2 atom stereocenters. The molecule has 2 aromatic carbocycles. The van der Waals surface area contributed by atoms with Crippen LogP contribution in [0.25, 0.3) is 6.08 Å². The molecule has 152 valence electrons. The molecule has 0 aromatic heterocycles. The molecule has 0 saturated heterocycles. The molecule has 0 bridgehead atoms. The predicted octanol–water partition coefficient (Wildman–Crippen LogP) is 7.55. The second-order valence-electron chi connectivity index (χ2n) is 7.45. The standard InChI is InChI=1S/C25H28O2S2/c1-3-20-17-24(6-4-5-18(20)2)29-23-14-12-22(13-15-23)28-21-10-7-19(8-11-21)9-16-25(26)27/h3,7-16,18,24H,4-6,17H2,1-2H3,(H,26,27)/b16-9+,20-3?. The zero-order valence-electron chi connectivity index (χ0n) is 17.0. The summed E-state index contributed by atoms with van der Waals surface area (Å²) in [6.45, 7) is 4.54. The topological polar surface area (TPSA) is 37.3 Å². The molecule has 1 saturated carbocycles. The van der Waals surface area contributed by atoms with Crippen LogP contribution in [0, 0.1) is 5.92 Å². The normalized spacial score (nSPS) is 21.4. The summed E-state index contributed by atoms with van der Waals surface area (Å²) in [6.07, 6.45) is 10.2. The molecule has 1 fully saturated rings. The van der Waals surface area contributed by atoms with Crippen molar-refractivity contribution in [3.8, 4) is 0 Å². The fourth-order valence-corrected chi connectivity index (χ4v) is 5.69. The quantitative estimate of drug-likeness (QED) is 0.295. The Morgan fingerprint density at radius 3 is 2.24 bits per heavy atom. The molecule has 0 amide bonds. The third-order valence-electron chi connectivity index (χ3n) is 5.29. The van der Waals surface area contributed by atoms with Crippen molar-refractivity contribution in [1.29, 1.82) is 0 Å². The SMILES string of the molecule is CC=C1CC(Sc2ccc(Sc3ccc(/C=C/C(=O)O)cc3)cc2)CCCC1C. The van der Waals surface area contributed by atoms with Gasteiger partial charge in [0.1, 0.15) is 0 Å². The Balaban J connectivity index is 1.58. The van der Waals surface area contributed by atoms with Crippen molar-refractivity contribution in [3.05, 3.63) is 71.8 Å². The van der Waals surface area contributed by atoms with Gasteiger partial charge in [-0.2, -0.15) is 0 Å². The van der Waals surface area contributed by atoms with Gasteiger partial charge < -0.3 is 5.11 Å². The van der Waals surface area contributed by atoms with Gasteiger partial charge in [0.2, 0.25) is 0 Å². The highest BCUT2D eigenvalue weighted by atomic mass is 32.2. The molecule has 4 heteroatoms. The summed E-state index contributed by atoms with van der Waals surface area (Å²) in [6, 6.07) is 16.8. The van der Waals surface area contributed by atoms with Crippen LogP contribution in [0.3, 0.4) is 0 Å². The molecule has 29 heavy (non-hydrogen) atoms. The zero-order chi connectivity index (χ0) is 20.6. The Kier molecular flexibility index (Phi) is 8.08. The maximum absolute atomic E-state index is 10.6. The van der Waals surface area contributed by atoms with E-state index in [9.17, 15) is 4.79 Å². The molecular formula is C25H28O2S2. The average Bonchev–Trinajstić information content (AvgIpc) is 2.89. The number of aliphatic carboxylic acids is 1. The molecule has 0 aliphatic heterocycles. The fraction of sp³-hybridized carbons (Fsp3) is 0.320. The number of hydrogen-bond acceptors (Lipinski definition) is 3. The number of rotatable bonds is 6. The maximum atomic E-state index is 10.6. The van der Waals surface area contributed by atoms with Crippen molar-refractivity contribution in [2.24, 2.45) is 5.92 Å². The third-order valence-corrected chi connectivity index (χ3v) is 7.59. The van der Waals surface area contributed by atoms with E-state index in [-0.39, 0.29) is 0 Å². The lowest BCUT2D eigenvalue weighted by molar-refractivity contribution is -0.131. The van der Waals surface area contributed by atoms with E-state index in [1.165, 1.54) is 35.5 Å². The molecule has 2 unspecified atom stereocenters. The lowest BCUT2D eigenvalue weighted by atomic mass is 9.96. The van der Waals surface area contributed by atoms with E-state index in [1.54, 1.807) is 23.4 Å². The lowest BCUT2D eigenvalue weighted by Crippen LogP contribution is -2.03. The summed E-state index contributed by atoms with van der Waals surface area (Å²) in [7, 11) is 0. The van der Waals surface area contributed by atoms with Crippen LogP contribution in [-0.2, 0) is 4.79 Å². The Bertz CT molecular complexity index is 867. The predicted molar refractivity (Wildman–Crippen MR) is 125 cm³/mol. The number of hydrogen-bond donors (Lipinski definition) is 1. The zero-order valence-corrected chi connectivity index (χ0v) is 18.6. The third kappa shape index (κ3) is 6.83. The van der Waals surface area contributed by atoms with Gasteiger partial charge in [-0.1, -0.05) is 48.9 Å². The van der Waals surface area contributed by atoms with Crippen molar-refractivity contribution in [3.63, 3.8) is 0 Å². The Hall–Kier alpha value is -1.91. The van der Waals surface area contributed by atoms with E-state index < -0.39 is 5.97 Å². The molecule has 0 spiro atoms. The minimum Gasteiger partial charge on any atom is -0.478 e. The van der Waals surface area contributed by atoms with Crippen LogP contribution in [0.1, 0.15) is 45.1 Å². The summed E-state index contributed by atoms with van der Waals surface area (Å²) >= 11 is 3.74. The first-order chi connectivity index (χ1) is 14.0. The average molecular weight is 425 g/mol. The molecule has 1 N–H and O–H groups in total. The summed E-state index contributed by atoms with van der Waals surface area (Å²) in [4.78, 5) is 14.3. The van der Waals surface area contributed by atoms with Gasteiger partial charge in [-0.15, -0.1) is 11.8 Å². The number of benzene rings is 2. The van der Waals surface area contributed by atoms with Crippen molar-refractivity contribution in [2.45, 2.75) is 59.5 Å². The van der Waals surface area contributed by atoms with Crippen LogP contribution in [0.4, 0.5) is 0 Å². The van der Waals surface area contributed by atoms with Crippen molar-refractivity contribution >= 4 is 35.6 Å². The monoisotopic (exact) mass is 424 g/mol. The van der Waals surface area contributed by atoms with E-state index >= 15 is 0 Å². The summed E-state index contributed by atoms with van der Waals surface area (Å²) in [5.41, 5.74) is 2.51. The van der Waals surface area contributed by atoms with Crippen LogP contribution in [0.5, 0.6) is 0 Å². The number of allylic oxidation sites excluding steroid dienone is 2. The van der Waals surface area contributed by atoms with Gasteiger partial charge in [0.25, 0.3) is 0 Å². The number of carboxylic acid groups (broad SMARTS) is 1. The van der Waals surface area contributed by atoms with E-state index in [0.717, 1.165) is 22.5 Å². The Morgan fingerprint density at radius 1 is 1.00 bits per heavy atom. The van der Waals surface area contributed by atoms with Gasteiger partial charge in [0.15, 0.2) is 0 Å². The summed E-state index contributed by atoms with van der Waals surface area (Å²) in [5.74, 6) is -0.197. The number of thioether (sulfide) groups is 1. The van der Waals surface area contributed by atoms with Crippen LogP contribution in [-0.4, -0.2) is 16.3 Å². The fourth-order valence-electron chi connectivity index (χ4n) is 3.64. The largest absolute Gasteiger partial charge is 0.478 e. The van der Waals surface area contributed by atoms with E-state index in [4.69, 9.17) is 5.11 Å². The first-order valence-corrected chi connectivity index (χ1v) is 11.8. The highest BCUT2D eigenvalue weighted by molar-refractivity contribution is 8.00. The summed E-state index contributed by atoms with van der Waals surface area (Å²) in [5, 5.41) is 9.38. The van der Waals surface area contributed by atoms with Crippen molar-refractivity contribution in [2.75, 3.05) is 0 Å². The van der Waals surface area contributed by atoms with Crippen LogP contribution < -0.4 is 0 Å². The molecule has 0 heterocycles. The number of carbonyl (C=O) groups is 1. The minimum atomic E-state index is -0.929. The molecule has 3 rings (SSSR count). The smallest absolute Gasteiger partial charge is 0.328 e. The minimum absolute atomic E-state index is 0.677. The van der Waals surface area contributed by atoms with E-state index in [1.807, 2.05) is 36.0 Å². The molecule has 2 nitrogen and oxygen atoms in total. The maximum Gasteiger partial charge on any atom is 0.328 e. The molecule has 1 aliphatic carbocycles. The molecule has 2 aromatic rings. The first kappa shape index (κ1) is 21.8. The van der Waals surface area contributed by atoms with E-state index in [2.05, 4.69) is 44.2 Å². The highest BCUT2D eigenvalue weighted by Gasteiger charge is 2.20. The van der Waals surface area contributed by atoms with Gasteiger partial charge in [-0.05, 0) is 80.1 Å². The number of carboxylic acids is 1. The highest BCUT2D eigenvalue weighted by Crippen LogP contribution is 2.38. The second-order valence-corrected chi connectivity index (χ2v) is 9.97. The van der Waals surface area contributed by atoms with Crippen LogP contribution >= 0.6 is 23.5 Å². The van der Waals surface area contributed by atoms with E-state index in [0.29, 0.717) is 5.25 Å². The lowest BCUT2D eigenvalue weighted by Gasteiger charge is -2.16. The van der Waals surface area contributed by atoms with Gasteiger partial charge in [-0.25, -0.2) is 4.79 Å². The van der Waals surface area contributed by atoms with Gasteiger partial charge in [-0.3, -0.25) is 0 Å². The second kappa shape index (κ2) is 10.7. The summed E-state index contributed by atoms with van der Waals surface area (Å²) < 4.78 is 0. The van der Waals surface area contributed by atoms with Crippen molar-refractivity contribution in [1.82, 2.24) is 0 Å². The molecular weight excluding hydrogens is 396 g/mol.